The van der Waals surface area contributed by atoms with Gasteiger partial charge in [0.25, 0.3) is 5.91 Å². The molecule has 1 unspecified atom stereocenters. The van der Waals surface area contributed by atoms with Crippen LogP contribution in [0.25, 0.3) is 5.69 Å². The monoisotopic (exact) mass is 398 g/mol. The van der Waals surface area contributed by atoms with E-state index in [1.807, 2.05) is 25.1 Å². The number of rotatable bonds is 6. The number of aromatic nitrogens is 2. The molecule has 5 nitrogen and oxygen atoms in total. The molecule has 7 heteroatoms. The lowest BCUT2D eigenvalue weighted by atomic mass is 10.1. The van der Waals surface area contributed by atoms with Gasteiger partial charge in [0.2, 0.25) is 0 Å². The molecule has 1 amide bonds. The predicted molar refractivity (Wildman–Crippen MR) is 108 cm³/mol. The summed E-state index contributed by atoms with van der Waals surface area (Å²) in [7, 11) is 3.76. The van der Waals surface area contributed by atoms with Gasteiger partial charge in [-0.15, -0.1) is 0 Å². The first-order chi connectivity index (χ1) is 13.8. The van der Waals surface area contributed by atoms with E-state index in [1.165, 1.54) is 24.3 Å². The van der Waals surface area contributed by atoms with Crippen molar-refractivity contribution in [2.45, 2.75) is 19.9 Å². The summed E-state index contributed by atoms with van der Waals surface area (Å²) in [6, 6.07) is 12.1. The SMILES string of the molecule is Cc1nn(-c2ccc(F)cc2)c(C)c1C(=O)NCC(c1cccc(F)c1)N(C)C. The molecule has 1 N–H and O–H groups in total. The second-order valence-corrected chi connectivity index (χ2v) is 7.18. The maximum absolute atomic E-state index is 13.6. The smallest absolute Gasteiger partial charge is 0.255 e. The summed E-state index contributed by atoms with van der Waals surface area (Å²) in [6.07, 6.45) is 0. The zero-order chi connectivity index (χ0) is 21.1. The molecule has 1 heterocycles. The van der Waals surface area contributed by atoms with E-state index >= 15 is 0 Å². The third-order valence-electron chi connectivity index (χ3n) is 4.90. The van der Waals surface area contributed by atoms with Gasteiger partial charge >= 0.3 is 0 Å². The average Bonchev–Trinajstić information content (AvgIpc) is 2.96. The van der Waals surface area contributed by atoms with Crippen LogP contribution in [0.2, 0.25) is 0 Å². The molecule has 0 aliphatic carbocycles. The lowest BCUT2D eigenvalue weighted by Crippen LogP contribution is -2.35. The van der Waals surface area contributed by atoms with Crippen LogP contribution < -0.4 is 5.32 Å². The maximum atomic E-state index is 13.6. The minimum atomic E-state index is -0.333. The molecule has 0 bridgehead atoms. The van der Waals surface area contributed by atoms with Crippen LogP contribution in [0.3, 0.4) is 0 Å². The number of carbonyl (C=O) groups excluding carboxylic acids is 1. The molecule has 29 heavy (non-hydrogen) atoms. The van der Waals surface area contributed by atoms with Crippen LogP contribution in [-0.2, 0) is 0 Å². The molecule has 2 aromatic carbocycles. The Hall–Kier alpha value is -3.06. The molecule has 0 saturated heterocycles. The zero-order valence-electron chi connectivity index (χ0n) is 16.9. The van der Waals surface area contributed by atoms with E-state index in [0.29, 0.717) is 29.2 Å². The number of aryl methyl sites for hydroxylation is 1. The molecule has 152 valence electrons. The fourth-order valence-corrected chi connectivity index (χ4v) is 3.40. The van der Waals surface area contributed by atoms with Gasteiger partial charge in [-0.05, 0) is 69.9 Å². The number of halogens is 2. The molecule has 0 fully saturated rings. The molecule has 3 rings (SSSR count). The summed E-state index contributed by atoms with van der Waals surface area (Å²) in [4.78, 5) is 14.8. The maximum Gasteiger partial charge on any atom is 0.255 e. The van der Waals surface area contributed by atoms with Crippen molar-refractivity contribution in [3.8, 4) is 5.69 Å². The van der Waals surface area contributed by atoms with Gasteiger partial charge in [0.1, 0.15) is 11.6 Å². The Morgan fingerprint density at radius 1 is 1.10 bits per heavy atom. The van der Waals surface area contributed by atoms with Gasteiger partial charge in [-0.2, -0.15) is 5.10 Å². The fourth-order valence-electron chi connectivity index (χ4n) is 3.40. The number of hydrogen-bond acceptors (Lipinski definition) is 3. The Morgan fingerprint density at radius 2 is 1.79 bits per heavy atom. The Balaban J connectivity index is 1.81. The summed E-state index contributed by atoms with van der Waals surface area (Å²) >= 11 is 0. The normalized spacial score (nSPS) is 12.2. The van der Waals surface area contributed by atoms with Crippen LogP contribution in [0, 0.1) is 25.5 Å². The number of carbonyl (C=O) groups is 1. The van der Waals surface area contributed by atoms with Crippen molar-refractivity contribution in [2.75, 3.05) is 20.6 Å². The number of benzene rings is 2. The Morgan fingerprint density at radius 3 is 2.41 bits per heavy atom. The van der Waals surface area contributed by atoms with Crippen LogP contribution in [0.1, 0.15) is 33.4 Å². The molecule has 1 aromatic heterocycles. The number of amides is 1. The lowest BCUT2D eigenvalue weighted by molar-refractivity contribution is 0.0940. The highest BCUT2D eigenvalue weighted by Gasteiger charge is 2.22. The second-order valence-electron chi connectivity index (χ2n) is 7.18. The third kappa shape index (κ3) is 4.51. The minimum Gasteiger partial charge on any atom is -0.350 e. The summed E-state index contributed by atoms with van der Waals surface area (Å²) < 4.78 is 28.4. The largest absolute Gasteiger partial charge is 0.350 e. The third-order valence-corrected chi connectivity index (χ3v) is 4.90. The van der Waals surface area contributed by atoms with E-state index < -0.39 is 0 Å². The van der Waals surface area contributed by atoms with Crippen LogP contribution in [0.4, 0.5) is 8.78 Å². The van der Waals surface area contributed by atoms with Crippen LogP contribution >= 0.6 is 0 Å². The lowest BCUT2D eigenvalue weighted by Gasteiger charge is -2.25. The van der Waals surface area contributed by atoms with E-state index in [0.717, 1.165) is 5.56 Å². The summed E-state index contributed by atoms with van der Waals surface area (Å²) in [5.74, 6) is -0.898. The summed E-state index contributed by atoms with van der Waals surface area (Å²) in [5.41, 5.74) is 3.18. The minimum absolute atomic E-state index is 0.178. The molecule has 3 aromatic rings. The topological polar surface area (TPSA) is 50.2 Å². The van der Waals surface area contributed by atoms with Crippen molar-refractivity contribution in [1.82, 2.24) is 20.0 Å². The van der Waals surface area contributed by atoms with E-state index in [-0.39, 0.29) is 23.6 Å². The standard InChI is InChI=1S/C22H24F2N4O/c1-14-21(15(2)28(26-14)19-10-8-17(23)9-11-19)22(29)25-13-20(27(3)4)16-6-5-7-18(24)12-16/h5-12,20H,13H2,1-4H3,(H,25,29). The van der Waals surface area contributed by atoms with Crippen LogP contribution in [0.15, 0.2) is 48.5 Å². The average molecular weight is 398 g/mol. The van der Waals surface area contributed by atoms with Crippen molar-refractivity contribution in [3.05, 3.63) is 82.7 Å². The van der Waals surface area contributed by atoms with Crippen molar-refractivity contribution in [1.29, 1.82) is 0 Å². The highest BCUT2D eigenvalue weighted by atomic mass is 19.1. The fraction of sp³-hybridized carbons (Fsp3) is 0.273. The molecule has 0 saturated carbocycles. The molecule has 0 aliphatic rings. The summed E-state index contributed by atoms with van der Waals surface area (Å²) in [5, 5.41) is 7.37. The van der Waals surface area contributed by atoms with Gasteiger partial charge in [0.15, 0.2) is 0 Å². The van der Waals surface area contributed by atoms with Gasteiger partial charge in [-0.3, -0.25) is 4.79 Å². The van der Waals surface area contributed by atoms with E-state index in [4.69, 9.17) is 0 Å². The summed E-state index contributed by atoms with van der Waals surface area (Å²) in [6.45, 7) is 3.88. The first-order valence-corrected chi connectivity index (χ1v) is 9.30. The number of likely N-dealkylation sites (N-methyl/N-ethyl adjacent to an activating group) is 1. The van der Waals surface area contributed by atoms with Gasteiger partial charge in [0, 0.05) is 6.54 Å². The molecular formula is C22H24F2N4O. The molecule has 1 atom stereocenters. The Kier molecular flexibility index (Phi) is 6.08. The zero-order valence-corrected chi connectivity index (χ0v) is 16.9. The highest BCUT2D eigenvalue weighted by Crippen LogP contribution is 2.21. The second kappa shape index (κ2) is 8.53. The first-order valence-electron chi connectivity index (χ1n) is 9.30. The van der Waals surface area contributed by atoms with Crippen LogP contribution in [0.5, 0.6) is 0 Å². The Bertz CT molecular complexity index is 1010. The van der Waals surface area contributed by atoms with Gasteiger partial charge in [-0.25, -0.2) is 13.5 Å². The number of hydrogen-bond donors (Lipinski definition) is 1. The van der Waals surface area contributed by atoms with Crippen molar-refractivity contribution in [3.63, 3.8) is 0 Å². The van der Waals surface area contributed by atoms with Gasteiger partial charge < -0.3 is 10.2 Å². The molecule has 0 radical (unpaired) electrons. The number of nitrogens with zero attached hydrogens (tertiary/aromatic N) is 3. The first kappa shape index (κ1) is 20.7. The molecular weight excluding hydrogens is 374 g/mol. The van der Waals surface area contributed by atoms with Gasteiger partial charge in [0.05, 0.1) is 28.7 Å². The van der Waals surface area contributed by atoms with Crippen molar-refractivity contribution < 1.29 is 13.6 Å². The molecule has 0 aliphatic heterocycles. The predicted octanol–water partition coefficient (Wildman–Crippen LogP) is 3.80. The van der Waals surface area contributed by atoms with Crippen molar-refractivity contribution in [2.24, 2.45) is 0 Å². The van der Waals surface area contributed by atoms with Gasteiger partial charge in [-0.1, -0.05) is 12.1 Å². The Labute approximate surface area is 169 Å². The van der Waals surface area contributed by atoms with E-state index in [2.05, 4.69) is 10.4 Å². The van der Waals surface area contributed by atoms with Crippen LogP contribution in [-0.4, -0.2) is 41.2 Å². The van der Waals surface area contributed by atoms with Crippen molar-refractivity contribution >= 4 is 5.91 Å². The quantitative estimate of drug-likeness (QED) is 0.687. The highest BCUT2D eigenvalue weighted by molar-refractivity contribution is 5.96. The van der Waals surface area contributed by atoms with E-state index in [9.17, 15) is 13.6 Å². The number of nitrogens with one attached hydrogen (secondary N) is 1. The molecule has 0 spiro atoms. The van der Waals surface area contributed by atoms with E-state index in [1.54, 1.807) is 36.7 Å².